The highest BCUT2D eigenvalue weighted by atomic mass is 16.5. The highest BCUT2D eigenvalue weighted by Crippen LogP contribution is 2.28. The van der Waals surface area contributed by atoms with Crippen LogP contribution in [0.2, 0.25) is 0 Å². The Bertz CT molecular complexity index is 360. The Morgan fingerprint density at radius 1 is 1.25 bits per heavy atom. The molecule has 0 aliphatic heterocycles. The van der Waals surface area contributed by atoms with Crippen molar-refractivity contribution < 1.29 is 19.0 Å². The third-order valence-electron chi connectivity index (χ3n) is 2.10. The molecule has 0 heterocycles. The van der Waals surface area contributed by atoms with Crippen LogP contribution in [0, 0.1) is 0 Å². The van der Waals surface area contributed by atoms with Crippen molar-refractivity contribution in [3.63, 3.8) is 0 Å². The molecular formula is C12H16O4. The van der Waals surface area contributed by atoms with Gasteiger partial charge in [-0.2, -0.15) is 0 Å². The van der Waals surface area contributed by atoms with Crippen molar-refractivity contribution in [3.05, 3.63) is 23.8 Å². The normalized spacial score (nSPS) is 9.69. The van der Waals surface area contributed by atoms with Crippen LogP contribution >= 0.6 is 0 Å². The summed E-state index contributed by atoms with van der Waals surface area (Å²) < 4.78 is 15.1. The summed E-state index contributed by atoms with van der Waals surface area (Å²) in [5.41, 5.74) is 0.840. The minimum Gasteiger partial charge on any atom is -0.493 e. The molecule has 0 aromatic heterocycles. The molecule has 0 saturated carbocycles. The largest absolute Gasteiger partial charge is 0.493 e. The maximum absolute atomic E-state index is 11.1. The van der Waals surface area contributed by atoms with Gasteiger partial charge in [-0.05, 0) is 24.6 Å². The van der Waals surface area contributed by atoms with Crippen LogP contribution < -0.4 is 9.47 Å². The molecule has 1 aromatic rings. The molecule has 0 fully saturated rings. The highest BCUT2D eigenvalue weighted by molar-refractivity contribution is 5.72. The molecule has 4 nitrogen and oxygen atoms in total. The van der Waals surface area contributed by atoms with E-state index in [1.807, 2.05) is 13.0 Å². The Balaban J connectivity index is 2.86. The number of carbonyl (C=O) groups is 1. The minimum atomic E-state index is -0.272. The van der Waals surface area contributed by atoms with Gasteiger partial charge in [-0.1, -0.05) is 6.07 Å². The van der Waals surface area contributed by atoms with Gasteiger partial charge in [0.2, 0.25) is 0 Å². The zero-order valence-corrected chi connectivity index (χ0v) is 9.78. The highest BCUT2D eigenvalue weighted by Gasteiger charge is 2.08. The van der Waals surface area contributed by atoms with Crippen molar-refractivity contribution in [1.82, 2.24) is 0 Å². The zero-order valence-electron chi connectivity index (χ0n) is 9.78. The lowest BCUT2D eigenvalue weighted by Gasteiger charge is -2.10. The molecule has 4 heteroatoms. The summed E-state index contributed by atoms with van der Waals surface area (Å²) in [5, 5.41) is 0. The molecule has 0 atom stereocenters. The second kappa shape index (κ2) is 6.00. The van der Waals surface area contributed by atoms with E-state index < -0.39 is 0 Å². The first-order valence-corrected chi connectivity index (χ1v) is 5.07. The predicted octanol–water partition coefficient (Wildman–Crippen LogP) is 1.81. The van der Waals surface area contributed by atoms with Gasteiger partial charge in [0.05, 0.1) is 27.2 Å². The zero-order chi connectivity index (χ0) is 12.0. The van der Waals surface area contributed by atoms with Crippen LogP contribution in [0.25, 0.3) is 0 Å². The third kappa shape index (κ3) is 3.15. The first-order valence-electron chi connectivity index (χ1n) is 5.07. The Morgan fingerprint density at radius 3 is 2.56 bits per heavy atom. The molecule has 0 saturated heterocycles. The summed E-state index contributed by atoms with van der Waals surface area (Å²) in [6.07, 6.45) is 0.235. The number of hydrogen-bond acceptors (Lipinski definition) is 4. The van der Waals surface area contributed by atoms with E-state index in [4.69, 9.17) is 9.47 Å². The van der Waals surface area contributed by atoms with E-state index in [0.29, 0.717) is 18.1 Å². The van der Waals surface area contributed by atoms with Crippen LogP contribution in [-0.2, 0) is 16.0 Å². The first-order chi connectivity index (χ1) is 7.71. The van der Waals surface area contributed by atoms with Gasteiger partial charge in [-0.15, -0.1) is 0 Å². The molecule has 0 bridgehead atoms. The van der Waals surface area contributed by atoms with Gasteiger partial charge in [-0.25, -0.2) is 0 Å². The van der Waals surface area contributed by atoms with Crippen LogP contribution in [0.15, 0.2) is 18.2 Å². The lowest BCUT2D eigenvalue weighted by Crippen LogP contribution is -2.05. The molecule has 0 aliphatic carbocycles. The minimum absolute atomic E-state index is 0.235. The number of benzene rings is 1. The lowest BCUT2D eigenvalue weighted by atomic mass is 10.1. The molecule has 0 radical (unpaired) electrons. The Kier molecular flexibility index (Phi) is 4.64. The summed E-state index contributed by atoms with van der Waals surface area (Å²) >= 11 is 0. The number of carbonyl (C=O) groups excluding carboxylic acids is 1. The van der Waals surface area contributed by atoms with Gasteiger partial charge in [0.1, 0.15) is 0 Å². The van der Waals surface area contributed by atoms with E-state index in [1.165, 1.54) is 7.11 Å². The van der Waals surface area contributed by atoms with Crippen molar-refractivity contribution in [3.8, 4) is 11.5 Å². The fourth-order valence-corrected chi connectivity index (χ4v) is 1.34. The summed E-state index contributed by atoms with van der Waals surface area (Å²) in [4.78, 5) is 11.1. The van der Waals surface area contributed by atoms with Gasteiger partial charge in [0, 0.05) is 0 Å². The van der Waals surface area contributed by atoms with E-state index in [9.17, 15) is 4.79 Å². The third-order valence-corrected chi connectivity index (χ3v) is 2.10. The van der Waals surface area contributed by atoms with Crippen LogP contribution in [0.4, 0.5) is 0 Å². The van der Waals surface area contributed by atoms with Gasteiger partial charge >= 0.3 is 5.97 Å². The van der Waals surface area contributed by atoms with Crippen LogP contribution in [0.5, 0.6) is 11.5 Å². The molecule has 0 spiro atoms. The van der Waals surface area contributed by atoms with Crippen molar-refractivity contribution in [1.29, 1.82) is 0 Å². The molecule has 88 valence electrons. The van der Waals surface area contributed by atoms with Gasteiger partial charge in [0.15, 0.2) is 11.5 Å². The second-order valence-electron chi connectivity index (χ2n) is 3.17. The molecule has 0 amide bonds. The van der Waals surface area contributed by atoms with Crippen LogP contribution in [0.1, 0.15) is 12.5 Å². The fraction of sp³-hybridized carbons (Fsp3) is 0.417. The second-order valence-corrected chi connectivity index (χ2v) is 3.17. The summed E-state index contributed by atoms with van der Waals surface area (Å²) in [6, 6.07) is 5.40. The Labute approximate surface area is 95.1 Å². The van der Waals surface area contributed by atoms with E-state index in [-0.39, 0.29) is 12.4 Å². The van der Waals surface area contributed by atoms with Crippen LogP contribution in [-0.4, -0.2) is 26.8 Å². The SMILES string of the molecule is CCOc1ccc(CC(=O)OC)cc1OC. The number of hydrogen-bond donors (Lipinski definition) is 0. The standard InChI is InChI=1S/C12H16O4/c1-4-16-10-6-5-9(7-11(10)14-2)8-12(13)15-3/h5-7H,4,8H2,1-3H3. The van der Waals surface area contributed by atoms with Crippen molar-refractivity contribution in [2.45, 2.75) is 13.3 Å². The Morgan fingerprint density at radius 2 is 2.00 bits per heavy atom. The van der Waals surface area contributed by atoms with E-state index >= 15 is 0 Å². The van der Waals surface area contributed by atoms with Gasteiger partial charge in [0.25, 0.3) is 0 Å². The lowest BCUT2D eigenvalue weighted by molar-refractivity contribution is -0.139. The number of esters is 1. The molecule has 16 heavy (non-hydrogen) atoms. The van der Waals surface area contributed by atoms with E-state index in [1.54, 1.807) is 19.2 Å². The molecular weight excluding hydrogens is 208 g/mol. The van der Waals surface area contributed by atoms with Gasteiger partial charge in [-0.3, -0.25) is 4.79 Å². The Hall–Kier alpha value is -1.71. The van der Waals surface area contributed by atoms with Crippen molar-refractivity contribution >= 4 is 5.97 Å². The topological polar surface area (TPSA) is 44.8 Å². The molecule has 0 N–H and O–H groups in total. The summed E-state index contributed by atoms with van der Waals surface area (Å²) in [6.45, 7) is 2.48. The quantitative estimate of drug-likeness (QED) is 0.715. The molecule has 0 unspecified atom stereocenters. The average molecular weight is 224 g/mol. The first kappa shape index (κ1) is 12.4. The predicted molar refractivity (Wildman–Crippen MR) is 59.9 cm³/mol. The molecule has 0 aliphatic rings. The fourth-order valence-electron chi connectivity index (χ4n) is 1.34. The van der Waals surface area contributed by atoms with Crippen molar-refractivity contribution in [2.24, 2.45) is 0 Å². The van der Waals surface area contributed by atoms with Crippen LogP contribution in [0.3, 0.4) is 0 Å². The number of methoxy groups -OCH3 is 2. The molecule has 1 rings (SSSR count). The summed E-state index contributed by atoms with van der Waals surface area (Å²) in [7, 11) is 2.94. The summed E-state index contributed by atoms with van der Waals surface area (Å²) in [5.74, 6) is 1.04. The number of ether oxygens (including phenoxy) is 3. The average Bonchev–Trinajstić information content (AvgIpc) is 2.31. The van der Waals surface area contributed by atoms with Crippen molar-refractivity contribution in [2.75, 3.05) is 20.8 Å². The van der Waals surface area contributed by atoms with Gasteiger partial charge < -0.3 is 14.2 Å². The maximum Gasteiger partial charge on any atom is 0.309 e. The molecule has 1 aromatic carbocycles. The number of rotatable bonds is 5. The smallest absolute Gasteiger partial charge is 0.309 e. The monoisotopic (exact) mass is 224 g/mol. The van der Waals surface area contributed by atoms with E-state index in [2.05, 4.69) is 4.74 Å². The van der Waals surface area contributed by atoms with E-state index in [0.717, 1.165) is 5.56 Å². The maximum atomic E-state index is 11.1.